The van der Waals surface area contributed by atoms with Crippen LogP contribution in [0.2, 0.25) is 5.02 Å². The van der Waals surface area contributed by atoms with Crippen LogP contribution in [0.15, 0.2) is 50.2 Å². The Morgan fingerprint density at radius 1 is 1.04 bits per heavy atom. The molecular formula is C29H36ClN5O6S4. The Morgan fingerprint density at radius 2 is 1.84 bits per heavy atom. The Hall–Kier alpha value is -2.11. The molecule has 3 aliphatic rings. The number of carbonyl (C=O) groups excluding carboxylic acids is 2. The largest absolute Gasteiger partial charge is 0.337 e. The Bertz CT molecular complexity index is 1780. The highest BCUT2D eigenvalue weighted by Crippen LogP contribution is 2.32. The van der Waals surface area contributed by atoms with Crippen molar-refractivity contribution in [3.63, 3.8) is 0 Å². The normalized spacial score (nSPS) is 23.5. The van der Waals surface area contributed by atoms with Gasteiger partial charge in [0.2, 0.25) is 11.8 Å². The number of thiophene rings is 2. The zero-order chi connectivity index (χ0) is 31.9. The van der Waals surface area contributed by atoms with Crippen LogP contribution in [-0.4, -0.2) is 112 Å². The summed E-state index contributed by atoms with van der Waals surface area (Å²) < 4.78 is 57.7. The van der Waals surface area contributed by atoms with Crippen molar-refractivity contribution in [1.29, 1.82) is 0 Å². The maximum absolute atomic E-state index is 13.5. The van der Waals surface area contributed by atoms with Crippen LogP contribution >= 0.6 is 34.3 Å². The van der Waals surface area contributed by atoms with E-state index in [-0.39, 0.29) is 28.7 Å². The zero-order valence-corrected chi connectivity index (χ0v) is 28.8. The number of halogens is 1. The molecule has 3 aliphatic heterocycles. The van der Waals surface area contributed by atoms with Crippen molar-refractivity contribution < 1.29 is 26.4 Å². The van der Waals surface area contributed by atoms with Gasteiger partial charge in [0.25, 0.3) is 20.0 Å². The number of carbonyl (C=O) groups is 2. The summed E-state index contributed by atoms with van der Waals surface area (Å²) in [5.41, 5.74) is 0. The van der Waals surface area contributed by atoms with Crippen molar-refractivity contribution in [2.75, 3.05) is 46.3 Å². The van der Waals surface area contributed by atoms with Gasteiger partial charge < -0.3 is 9.80 Å². The highest BCUT2D eigenvalue weighted by atomic mass is 35.5. The number of sulfonamides is 2. The molecule has 2 amide bonds. The van der Waals surface area contributed by atoms with E-state index in [0.717, 1.165) is 47.2 Å². The molecule has 3 aromatic rings. The fourth-order valence-electron chi connectivity index (χ4n) is 6.50. The van der Waals surface area contributed by atoms with Gasteiger partial charge >= 0.3 is 0 Å². The first-order valence-corrected chi connectivity index (χ1v) is 20.0. The summed E-state index contributed by atoms with van der Waals surface area (Å²) >= 11 is 8.38. The summed E-state index contributed by atoms with van der Waals surface area (Å²) in [7, 11) is -5.86. The van der Waals surface area contributed by atoms with Gasteiger partial charge in [0.05, 0.1) is 6.54 Å². The number of amides is 2. The number of rotatable bonds is 10. The molecule has 3 unspecified atom stereocenters. The van der Waals surface area contributed by atoms with E-state index in [1.807, 2.05) is 4.90 Å². The van der Waals surface area contributed by atoms with Crippen LogP contribution in [0, 0.1) is 0 Å². The Morgan fingerprint density at radius 3 is 2.62 bits per heavy atom. The van der Waals surface area contributed by atoms with Crippen LogP contribution in [0.5, 0.6) is 0 Å². The maximum atomic E-state index is 13.5. The molecule has 3 fully saturated rings. The maximum Gasteiger partial charge on any atom is 0.252 e. The van der Waals surface area contributed by atoms with Gasteiger partial charge in [-0.3, -0.25) is 14.5 Å². The van der Waals surface area contributed by atoms with E-state index >= 15 is 0 Å². The molecule has 5 heterocycles. The first-order valence-electron chi connectivity index (χ1n) is 15.0. The molecule has 3 saturated heterocycles. The first-order chi connectivity index (χ1) is 21.4. The third kappa shape index (κ3) is 6.96. The van der Waals surface area contributed by atoms with Crippen LogP contribution < -0.4 is 4.72 Å². The van der Waals surface area contributed by atoms with Crippen LogP contribution in [-0.2, 0) is 29.6 Å². The quantitative estimate of drug-likeness (QED) is 0.342. The molecule has 1 aromatic carbocycles. The lowest BCUT2D eigenvalue weighted by atomic mass is 10.1. The van der Waals surface area contributed by atoms with Crippen LogP contribution in [0.3, 0.4) is 0 Å². The highest BCUT2D eigenvalue weighted by Gasteiger charge is 2.39. The van der Waals surface area contributed by atoms with Gasteiger partial charge in [-0.15, -0.1) is 22.7 Å². The topological polar surface area (TPSA) is 127 Å². The molecule has 0 bridgehead atoms. The molecular weight excluding hydrogens is 678 g/mol. The molecule has 0 aliphatic carbocycles. The van der Waals surface area contributed by atoms with Crippen molar-refractivity contribution in [2.45, 2.75) is 58.6 Å². The fourth-order valence-corrected chi connectivity index (χ4v) is 11.9. The second-order valence-electron chi connectivity index (χ2n) is 11.9. The highest BCUT2D eigenvalue weighted by molar-refractivity contribution is 7.92. The standard InChI is InChI=1S/C29H36ClN5O6S4/c1-32(45(40,41)27-7-4-14-42-27)22-10-13-33(17-22)18-23-5-2-12-35(23)26(36)19-34-11-3-6-24(29(34)37)31-44(38,39)28-16-20-15-21(30)8-9-25(20)43-28/h4,7-9,14-16,22-24,31H,2-3,5-6,10-13,17-19H2,1H3. The summed E-state index contributed by atoms with van der Waals surface area (Å²) in [5, 5.41) is 2.99. The molecule has 0 radical (unpaired) electrons. The van der Waals surface area contributed by atoms with Crippen molar-refractivity contribution in [3.8, 4) is 0 Å². The number of nitrogens with zero attached hydrogens (tertiary/aromatic N) is 4. The van der Waals surface area contributed by atoms with Gasteiger partial charge in [0.1, 0.15) is 14.5 Å². The predicted octanol–water partition coefficient (Wildman–Crippen LogP) is 3.27. The van der Waals surface area contributed by atoms with E-state index < -0.39 is 32.0 Å². The first kappa shape index (κ1) is 32.8. The minimum atomic E-state index is -3.95. The molecule has 45 heavy (non-hydrogen) atoms. The van der Waals surface area contributed by atoms with Gasteiger partial charge in [-0.1, -0.05) is 17.7 Å². The number of hydrogen-bond acceptors (Lipinski definition) is 9. The predicted molar refractivity (Wildman–Crippen MR) is 176 cm³/mol. The lowest BCUT2D eigenvalue weighted by molar-refractivity contribution is -0.143. The van der Waals surface area contributed by atoms with E-state index in [1.54, 1.807) is 48.8 Å². The summed E-state index contributed by atoms with van der Waals surface area (Å²) in [6, 6.07) is 8.98. The summed E-state index contributed by atoms with van der Waals surface area (Å²) in [5.74, 6) is -0.542. The Kier molecular flexibility index (Phi) is 9.61. The number of fused-ring (bicyclic) bond motifs is 1. The third-order valence-corrected chi connectivity index (χ3v) is 15.5. The van der Waals surface area contributed by atoms with Crippen LogP contribution in [0.1, 0.15) is 32.1 Å². The number of likely N-dealkylation sites (N-methyl/N-ethyl adjacent to an activating group) is 1. The Labute approximate surface area is 276 Å². The van der Waals surface area contributed by atoms with Crippen LogP contribution in [0.25, 0.3) is 10.1 Å². The summed E-state index contributed by atoms with van der Waals surface area (Å²) in [6.45, 7) is 2.87. The van der Waals surface area contributed by atoms with Crippen molar-refractivity contribution in [1.82, 2.24) is 23.7 Å². The number of benzene rings is 1. The molecule has 3 atom stereocenters. The molecule has 244 valence electrons. The zero-order valence-electron chi connectivity index (χ0n) is 24.8. The molecule has 0 spiro atoms. The van der Waals surface area contributed by atoms with Crippen molar-refractivity contribution in [2.24, 2.45) is 0 Å². The minimum Gasteiger partial charge on any atom is -0.337 e. The monoisotopic (exact) mass is 713 g/mol. The van der Waals surface area contributed by atoms with Gasteiger partial charge in [-0.2, -0.15) is 9.03 Å². The lowest BCUT2D eigenvalue weighted by Crippen LogP contribution is -2.55. The molecule has 2 aromatic heterocycles. The van der Waals surface area contributed by atoms with Gasteiger partial charge in [0, 0.05) is 55.0 Å². The average Bonchev–Trinajstić information content (AvgIpc) is 3.82. The third-order valence-electron chi connectivity index (χ3n) is 8.93. The number of piperidine rings is 1. The average molecular weight is 714 g/mol. The number of hydrogen-bond donors (Lipinski definition) is 1. The van der Waals surface area contributed by atoms with Crippen molar-refractivity contribution >= 4 is 76.2 Å². The van der Waals surface area contributed by atoms with E-state index in [0.29, 0.717) is 48.3 Å². The van der Waals surface area contributed by atoms with E-state index in [1.165, 1.54) is 20.5 Å². The number of likely N-dealkylation sites (tertiary alicyclic amines) is 3. The number of nitrogens with one attached hydrogen (secondary N) is 1. The molecule has 1 N–H and O–H groups in total. The SMILES string of the molecule is CN(C1CCN(CC2CCCN2C(=O)CN2CCCC(NS(=O)(=O)c3cc4cc(Cl)ccc4s3)C2=O)C1)S(=O)(=O)c1cccs1. The van der Waals surface area contributed by atoms with Gasteiger partial charge in [-0.25, -0.2) is 16.8 Å². The fraction of sp³-hybridized carbons (Fsp3) is 0.517. The lowest BCUT2D eigenvalue weighted by Gasteiger charge is -2.35. The van der Waals surface area contributed by atoms with Crippen molar-refractivity contribution in [3.05, 3.63) is 46.8 Å². The van der Waals surface area contributed by atoms with E-state index in [4.69, 9.17) is 11.6 Å². The van der Waals surface area contributed by atoms with Crippen LogP contribution in [0.4, 0.5) is 0 Å². The summed E-state index contributed by atoms with van der Waals surface area (Å²) in [6.07, 6.45) is 3.36. The Balaban J connectivity index is 1.04. The smallest absolute Gasteiger partial charge is 0.252 e. The molecule has 6 rings (SSSR count). The van der Waals surface area contributed by atoms with E-state index in [9.17, 15) is 26.4 Å². The van der Waals surface area contributed by atoms with E-state index in [2.05, 4.69) is 9.62 Å². The second-order valence-corrected chi connectivity index (χ2v) is 18.5. The summed E-state index contributed by atoms with van der Waals surface area (Å²) in [4.78, 5) is 32.4. The van der Waals surface area contributed by atoms with Gasteiger partial charge in [-0.05, 0) is 79.7 Å². The molecule has 0 saturated carbocycles. The molecule has 11 nitrogen and oxygen atoms in total. The minimum absolute atomic E-state index is 0.0221. The van der Waals surface area contributed by atoms with Gasteiger partial charge in [0.15, 0.2) is 0 Å². The molecule has 16 heteroatoms. The second kappa shape index (κ2) is 13.2.